The number of nitrogens with zero attached hydrogens (tertiary/aromatic N) is 1. The molecule has 1 heterocycles. The highest BCUT2D eigenvalue weighted by molar-refractivity contribution is 5.95. The van der Waals surface area contributed by atoms with E-state index in [1.54, 1.807) is 6.92 Å². The molecule has 0 saturated heterocycles. The molecule has 0 aliphatic heterocycles. The van der Waals surface area contributed by atoms with Gasteiger partial charge < -0.3 is 25.3 Å². The number of hydrogen-bond donors (Lipinski definition) is 4. The zero-order valence-electron chi connectivity index (χ0n) is 13.8. The minimum Gasteiger partial charge on any atom is -0.389 e. The Hall–Kier alpha value is -2.94. The molecule has 2 rings (SSSR count). The van der Waals surface area contributed by atoms with Gasteiger partial charge in [0.2, 0.25) is 0 Å². The second-order valence-electron chi connectivity index (χ2n) is 5.62. The van der Waals surface area contributed by atoms with Crippen molar-refractivity contribution in [1.82, 2.24) is 20.2 Å². The molecule has 0 bridgehead atoms. The van der Waals surface area contributed by atoms with Gasteiger partial charge in [0.25, 0.3) is 11.8 Å². The summed E-state index contributed by atoms with van der Waals surface area (Å²) in [6.07, 6.45) is 0.312. The minimum atomic E-state index is -1.02. The zero-order valence-corrected chi connectivity index (χ0v) is 13.8. The van der Waals surface area contributed by atoms with Crippen LogP contribution in [0.4, 0.5) is 4.39 Å². The summed E-state index contributed by atoms with van der Waals surface area (Å²) in [6.45, 7) is 1.40. The van der Waals surface area contributed by atoms with Gasteiger partial charge in [0.1, 0.15) is 11.5 Å². The van der Waals surface area contributed by atoms with Crippen molar-refractivity contribution < 1.29 is 19.1 Å². The highest BCUT2D eigenvalue weighted by Crippen LogP contribution is 2.09. The first-order valence-electron chi connectivity index (χ1n) is 7.54. The lowest BCUT2D eigenvalue weighted by molar-refractivity contribution is 0.0882. The standard InChI is InChI=1S/C16H19FN4O4/c1-9-5-10(17)3-4-12(9)14(23)18-6-11(22)7-19-15(24)13-8-21(2)16(25)20-13/h3-5,8,11,22H,6-7H2,1-2H3,(H,18,23)(H,19,24)(H,20,25). The van der Waals surface area contributed by atoms with E-state index in [-0.39, 0.29) is 18.8 Å². The number of aromatic nitrogens is 2. The minimum absolute atomic E-state index is 0.0747. The number of benzene rings is 1. The maximum atomic E-state index is 13.0. The first-order valence-corrected chi connectivity index (χ1v) is 7.54. The third kappa shape index (κ3) is 4.77. The predicted octanol–water partition coefficient (Wildman–Crippen LogP) is -0.318. The van der Waals surface area contributed by atoms with E-state index in [0.29, 0.717) is 11.1 Å². The summed E-state index contributed by atoms with van der Waals surface area (Å²) < 4.78 is 14.3. The molecule has 0 spiro atoms. The van der Waals surface area contributed by atoms with Gasteiger partial charge in [-0.25, -0.2) is 9.18 Å². The molecule has 1 aromatic carbocycles. The Morgan fingerprint density at radius 3 is 2.48 bits per heavy atom. The smallest absolute Gasteiger partial charge is 0.325 e. The lowest BCUT2D eigenvalue weighted by Crippen LogP contribution is -2.40. The van der Waals surface area contributed by atoms with Crippen molar-refractivity contribution in [2.24, 2.45) is 7.05 Å². The SMILES string of the molecule is Cc1cc(F)ccc1C(=O)NCC(O)CNC(=O)c1cn(C)c(=O)[nH]1. The molecule has 1 atom stereocenters. The van der Waals surface area contributed by atoms with Gasteiger partial charge in [-0.1, -0.05) is 0 Å². The van der Waals surface area contributed by atoms with Crippen LogP contribution in [0.25, 0.3) is 0 Å². The second kappa shape index (κ2) is 7.75. The molecule has 25 heavy (non-hydrogen) atoms. The first-order chi connectivity index (χ1) is 11.8. The highest BCUT2D eigenvalue weighted by atomic mass is 19.1. The van der Waals surface area contributed by atoms with Crippen LogP contribution < -0.4 is 16.3 Å². The molecule has 0 aliphatic rings. The average molecular weight is 350 g/mol. The van der Waals surface area contributed by atoms with E-state index < -0.39 is 29.4 Å². The van der Waals surface area contributed by atoms with Crippen LogP contribution in [0.15, 0.2) is 29.2 Å². The number of aliphatic hydroxyl groups excluding tert-OH is 1. The third-order valence-electron chi connectivity index (χ3n) is 3.56. The van der Waals surface area contributed by atoms with Crippen molar-refractivity contribution in [3.63, 3.8) is 0 Å². The van der Waals surface area contributed by atoms with Crippen LogP contribution in [-0.2, 0) is 7.05 Å². The summed E-state index contributed by atoms with van der Waals surface area (Å²) in [5, 5.41) is 14.8. The number of aryl methyl sites for hydroxylation is 2. The molecule has 4 N–H and O–H groups in total. The number of aliphatic hydroxyl groups is 1. The van der Waals surface area contributed by atoms with Crippen molar-refractivity contribution in [2.75, 3.05) is 13.1 Å². The van der Waals surface area contributed by atoms with Crippen LogP contribution in [0.1, 0.15) is 26.4 Å². The quantitative estimate of drug-likeness (QED) is 0.571. The van der Waals surface area contributed by atoms with Crippen LogP contribution in [-0.4, -0.2) is 45.7 Å². The third-order valence-corrected chi connectivity index (χ3v) is 3.56. The Morgan fingerprint density at radius 2 is 1.92 bits per heavy atom. The van der Waals surface area contributed by atoms with Crippen LogP contribution >= 0.6 is 0 Å². The van der Waals surface area contributed by atoms with Crippen molar-refractivity contribution >= 4 is 11.8 Å². The van der Waals surface area contributed by atoms with Gasteiger partial charge in [0, 0.05) is 31.9 Å². The lowest BCUT2D eigenvalue weighted by atomic mass is 10.1. The van der Waals surface area contributed by atoms with E-state index in [0.717, 1.165) is 0 Å². The fourth-order valence-electron chi connectivity index (χ4n) is 2.17. The van der Waals surface area contributed by atoms with Crippen LogP contribution in [0.2, 0.25) is 0 Å². The second-order valence-corrected chi connectivity index (χ2v) is 5.62. The largest absolute Gasteiger partial charge is 0.389 e. The van der Waals surface area contributed by atoms with Crippen molar-refractivity contribution in [3.05, 3.63) is 57.5 Å². The Bertz CT molecular complexity index is 843. The number of hydrogen-bond acceptors (Lipinski definition) is 4. The molecule has 0 saturated carbocycles. The van der Waals surface area contributed by atoms with Crippen LogP contribution in [0.3, 0.4) is 0 Å². The molecule has 9 heteroatoms. The Kier molecular flexibility index (Phi) is 5.71. The van der Waals surface area contributed by atoms with Gasteiger partial charge in [-0.15, -0.1) is 0 Å². The average Bonchev–Trinajstić information content (AvgIpc) is 2.89. The number of carbonyl (C=O) groups is 2. The summed E-state index contributed by atoms with van der Waals surface area (Å²) in [6, 6.07) is 3.78. The molecule has 0 aliphatic carbocycles. The molecular weight excluding hydrogens is 331 g/mol. The predicted molar refractivity (Wildman–Crippen MR) is 87.8 cm³/mol. The van der Waals surface area contributed by atoms with Gasteiger partial charge in [-0.05, 0) is 30.7 Å². The monoisotopic (exact) mass is 350 g/mol. The lowest BCUT2D eigenvalue weighted by Gasteiger charge is -2.13. The fraction of sp³-hybridized carbons (Fsp3) is 0.312. The number of carbonyl (C=O) groups excluding carboxylic acids is 2. The van der Waals surface area contributed by atoms with Gasteiger partial charge in [0.05, 0.1) is 6.10 Å². The molecular formula is C16H19FN4O4. The number of halogens is 1. The molecule has 0 radical (unpaired) electrons. The Morgan fingerprint density at radius 1 is 1.28 bits per heavy atom. The Balaban J connectivity index is 1.82. The number of imidazole rings is 1. The van der Waals surface area contributed by atoms with E-state index in [1.165, 1.54) is 36.0 Å². The summed E-state index contributed by atoms with van der Waals surface area (Å²) in [7, 11) is 1.50. The van der Waals surface area contributed by atoms with E-state index in [1.807, 2.05) is 0 Å². The zero-order chi connectivity index (χ0) is 18.6. The molecule has 2 amide bonds. The Labute approximate surface area is 142 Å². The summed E-state index contributed by atoms with van der Waals surface area (Å²) in [5.74, 6) is -1.43. The van der Waals surface area contributed by atoms with Crippen LogP contribution in [0.5, 0.6) is 0 Å². The van der Waals surface area contributed by atoms with Crippen molar-refractivity contribution in [1.29, 1.82) is 0 Å². The van der Waals surface area contributed by atoms with Crippen molar-refractivity contribution in [2.45, 2.75) is 13.0 Å². The molecule has 1 unspecified atom stereocenters. The fourth-order valence-corrected chi connectivity index (χ4v) is 2.17. The van der Waals surface area contributed by atoms with Crippen LogP contribution in [0, 0.1) is 12.7 Å². The number of H-pyrrole nitrogens is 1. The first kappa shape index (κ1) is 18.4. The van der Waals surface area contributed by atoms with Gasteiger partial charge in [-0.3, -0.25) is 9.59 Å². The van der Waals surface area contributed by atoms with E-state index in [2.05, 4.69) is 15.6 Å². The number of rotatable bonds is 6. The van der Waals surface area contributed by atoms with Crippen molar-refractivity contribution in [3.8, 4) is 0 Å². The number of nitrogens with one attached hydrogen (secondary N) is 3. The van der Waals surface area contributed by atoms with E-state index in [9.17, 15) is 23.9 Å². The molecule has 8 nitrogen and oxygen atoms in total. The number of aromatic amines is 1. The maximum Gasteiger partial charge on any atom is 0.325 e. The molecule has 134 valence electrons. The summed E-state index contributed by atoms with van der Waals surface area (Å²) >= 11 is 0. The maximum absolute atomic E-state index is 13.0. The number of amides is 2. The summed E-state index contributed by atoms with van der Waals surface area (Å²) in [5.41, 5.74) is 0.436. The van der Waals surface area contributed by atoms with Gasteiger partial charge in [-0.2, -0.15) is 0 Å². The highest BCUT2D eigenvalue weighted by Gasteiger charge is 2.14. The van der Waals surface area contributed by atoms with E-state index in [4.69, 9.17) is 0 Å². The van der Waals surface area contributed by atoms with Gasteiger partial charge in [0.15, 0.2) is 0 Å². The molecule has 2 aromatic rings. The molecule has 0 fully saturated rings. The normalized spacial score (nSPS) is 11.8. The van der Waals surface area contributed by atoms with Gasteiger partial charge >= 0.3 is 5.69 Å². The molecule has 1 aromatic heterocycles. The topological polar surface area (TPSA) is 116 Å². The summed E-state index contributed by atoms with van der Waals surface area (Å²) in [4.78, 5) is 37.4. The van der Waals surface area contributed by atoms with E-state index >= 15 is 0 Å².